The second kappa shape index (κ2) is 7.16. The van der Waals surface area contributed by atoms with E-state index in [1.807, 2.05) is 12.2 Å². The van der Waals surface area contributed by atoms with E-state index in [1.54, 1.807) is 0 Å². The predicted molar refractivity (Wildman–Crippen MR) is 93.9 cm³/mol. The Morgan fingerprint density at radius 1 is 1.30 bits per heavy atom. The zero-order valence-electron chi connectivity index (χ0n) is 14.6. The van der Waals surface area contributed by atoms with Gasteiger partial charge in [0.1, 0.15) is 5.66 Å². The molecule has 3 N–H and O–H groups in total. The van der Waals surface area contributed by atoms with E-state index < -0.39 is 11.1 Å². The Kier molecular flexibility index (Phi) is 5.65. The lowest BCUT2D eigenvalue weighted by atomic mass is 9.64. The van der Waals surface area contributed by atoms with Crippen molar-refractivity contribution in [3.8, 4) is 0 Å². The third-order valence-electron chi connectivity index (χ3n) is 5.38. The highest BCUT2D eigenvalue weighted by molar-refractivity contribution is 5.83. The number of amides is 1. The maximum absolute atomic E-state index is 12.6. The lowest BCUT2D eigenvalue weighted by molar-refractivity contribution is -0.152. The summed E-state index contributed by atoms with van der Waals surface area (Å²) in [6.45, 7) is 14.6. The fraction of sp³-hybridized carbons (Fsp3) is 0.722. The molecule has 0 bridgehead atoms. The molecule has 23 heavy (non-hydrogen) atoms. The molecule has 4 atom stereocenters. The van der Waals surface area contributed by atoms with E-state index in [0.717, 1.165) is 32.5 Å². The van der Waals surface area contributed by atoms with Gasteiger partial charge in [0.25, 0.3) is 0 Å². The lowest BCUT2D eigenvalue weighted by Crippen LogP contribution is -2.74. The molecule has 0 spiro atoms. The molecule has 0 aromatic heterocycles. The fourth-order valence-electron chi connectivity index (χ4n) is 4.55. The summed E-state index contributed by atoms with van der Waals surface area (Å²) in [7, 11) is 0. The van der Waals surface area contributed by atoms with Crippen LogP contribution in [-0.2, 0) is 4.79 Å². The van der Waals surface area contributed by atoms with Crippen molar-refractivity contribution in [2.75, 3.05) is 19.6 Å². The van der Waals surface area contributed by atoms with Gasteiger partial charge in [-0.1, -0.05) is 12.2 Å². The maximum Gasteiger partial charge on any atom is 0.227 e. The molecule has 2 heterocycles. The quantitative estimate of drug-likeness (QED) is 0.727. The second-order valence-corrected chi connectivity index (χ2v) is 7.11. The van der Waals surface area contributed by atoms with Gasteiger partial charge < -0.3 is 11.1 Å². The highest BCUT2D eigenvalue weighted by Crippen LogP contribution is 2.48. The zero-order chi connectivity index (χ0) is 17.1. The molecule has 4 unspecified atom stereocenters. The molecule has 5 heteroatoms. The number of carbonyl (C=O) groups excluding carboxylic acids is 1. The van der Waals surface area contributed by atoms with Crippen LogP contribution in [0.15, 0.2) is 25.3 Å². The second-order valence-electron chi connectivity index (χ2n) is 7.11. The third kappa shape index (κ3) is 3.10. The normalized spacial score (nSPS) is 38.9. The molecule has 2 rings (SSSR count). The van der Waals surface area contributed by atoms with Crippen LogP contribution < -0.4 is 16.4 Å². The van der Waals surface area contributed by atoms with Crippen LogP contribution in [0.25, 0.3) is 0 Å². The van der Waals surface area contributed by atoms with Gasteiger partial charge in [-0.25, -0.2) is 5.32 Å². The van der Waals surface area contributed by atoms with E-state index in [0.29, 0.717) is 24.9 Å². The first-order valence-corrected chi connectivity index (χ1v) is 8.63. The van der Waals surface area contributed by atoms with E-state index in [4.69, 9.17) is 11.1 Å². The molecular formula is C18H31N4O. The molecular weight excluding hydrogens is 288 g/mol. The summed E-state index contributed by atoms with van der Waals surface area (Å²) in [5.74, 6) is -0.262. The fourth-order valence-corrected chi connectivity index (χ4v) is 4.55. The van der Waals surface area contributed by atoms with Crippen molar-refractivity contribution in [1.82, 2.24) is 15.5 Å². The number of nitrogens with zero attached hydrogens (tertiary/aromatic N) is 2. The SMILES string of the molecule is C=CCC1(C(N)=O)CCC[N]C1(CC=C)N1CC(C)NC(C)C1. The van der Waals surface area contributed by atoms with Crippen LogP contribution in [0, 0.1) is 5.41 Å². The van der Waals surface area contributed by atoms with Crippen LogP contribution in [0.4, 0.5) is 0 Å². The molecule has 0 saturated carbocycles. The number of nitrogens with two attached hydrogens (primary N) is 1. The average molecular weight is 319 g/mol. The van der Waals surface area contributed by atoms with Gasteiger partial charge in [0.15, 0.2) is 0 Å². The molecule has 2 saturated heterocycles. The van der Waals surface area contributed by atoms with E-state index in [-0.39, 0.29) is 5.91 Å². The van der Waals surface area contributed by atoms with Crippen molar-refractivity contribution >= 4 is 5.91 Å². The van der Waals surface area contributed by atoms with Crippen molar-refractivity contribution in [2.24, 2.45) is 11.1 Å². The number of allylic oxidation sites excluding steroid dienone is 1. The van der Waals surface area contributed by atoms with Crippen molar-refractivity contribution < 1.29 is 4.79 Å². The number of piperazine rings is 1. The first-order chi connectivity index (χ1) is 10.9. The number of carbonyl (C=O) groups is 1. The Morgan fingerprint density at radius 3 is 2.43 bits per heavy atom. The molecule has 0 aliphatic carbocycles. The van der Waals surface area contributed by atoms with Crippen molar-refractivity contribution in [1.29, 1.82) is 0 Å². The summed E-state index contributed by atoms with van der Waals surface area (Å²) in [5, 5.41) is 8.57. The molecule has 2 fully saturated rings. The van der Waals surface area contributed by atoms with Gasteiger partial charge in [-0.3, -0.25) is 9.69 Å². The Bertz CT molecular complexity index is 456. The Morgan fingerprint density at radius 2 is 1.91 bits per heavy atom. The van der Waals surface area contributed by atoms with E-state index in [2.05, 4.69) is 37.2 Å². The van der Waals surface area contributed by atoms with Crippen LogP contribution in [0.3, 0.4) is 0 Å². The van der Waals surface area contributed by atoms with Gasteiger partial charge in [-0.2, -0.15) is 0 Å². The summed E-state index contributed by atoms with van der Waals surface area (Å²) in [5.41, 5.74) is 4.65. The predicted octanol–water partition coefficient (Wildman–Crippen LogP) is 1.39. The van der Waals surface area contributed by atoms with Crippen LogP contribution in [0.1, 0.15) is 39.5 Å². The lowest BCUT2D eigenvalue weighted by Gasteiger charge is -2.58. The van der Waals surface area contributed by atoms with Crippen LogP contribution in [-0.4, -0.2) is 48.2 Å². The Labute approximate surface area is 140 Å². The van der Waals surface area contributed by atoms with Gasteiger partial charge in [0.2, 0.25) is 5.91 Å². The molecule has 1 radical (unpaired) electrons. The third-order valence-corrected chi connectivity index (χ3v) is 5.38. The van der Waals surface area contributed by atoms with E-state index in [1.165, 1.54) is 0 Å². The number of rotatable bonds is 6. The van der Waals surface area contributed by atoms with Gasteiger partial charge >= 0.3 is 0 Å². The molecule has 1 amide bonds. The Hall–Kier alpha value is -1.17. The minimum absolute atomic E-state index is 0.262. The first kappa shape index (κ1) is 18.2. The highest BCUT2D eigenvalue weighted by Gasteiger charge is 2.59. The standard InChI is InChI=1S/C18H31N4O/c1-5-8-17(16(19)23)10-7-11-20-18(17,9-6-2)22-12-14(3)21-15(4)13-22/h5-6,14-15,21H,1-2,7-13H2,3-4H3,(H2,19,23). The molecule has 5 nitrogen and oxygen atoms in total. The van der Waals surface area contributed by atoms with Gasteiger partial charge in [0.05, 0.1) is 5.41 Å². The molecule has 0 aromatic carbocycles. The van der Waals surface area contributed by atoms with Gasteiger partial charge in [-0.05, 0) is 39.5 Å². The van der Waals surface area contributed by atoms with E-state index >= 15 is 0 Å². The summed E-state index contributed by atoms with van der Waals surface area (Å²) in [6, 6.07) is 0.707. The molecule has 2 aliphatic heterocycles. The average Bonchev–Trinajstić information content (AvgIpc) is 2.48. The first-order valence-electron chi connectivity index (χ1n) is 8.63. The topological polar surface area (TPSA) is 72.5 Å². The van der Waals surface area contributed by atoms with Crippen molar-refractivity contribution in [3.63, 3.8) is 0 Å². The minimum atomic E-state index is -0.696. The summed E-state index contributed by atoms with van der Waals surface area (Å²) >= 11 is 0. The van der Waals surface area contributed by atoms with E-state index in [9.17, 15) is 4.79 Å². The van der Waals surface area contributed by atoms with Gasteiger partial charge in [-0.15, -0.1) is 13.2 Å². The van der Waals surface area contributed by atoms with Gasteiger partial charge in [0, 0.05) is 31.7 Å². The smallest absolute Gasteiger partial charge is 0.227 e. The summed E-state index contributed by atoms with van der Waals surface area (Å²) in [4.78, 5) is 15.0. The minimum Gasteiger partial charge on any atom is -0.369 e. The number of primary amides is 1. The highest BCUT2D eigenvalue weighted by atomic mass is 16.1. The molecule has 129 valence electrons. The number of hydrogen-bond acceptors (Lipinski definition) is 3. The number of nitrogens with one attached hydrogen (secondary N) is 1. The summed E-state index contributed by atoms with van der Waals surface area (Å²) in [6.07, 6.45) is 6.56. The maximum atomic E-state index is 12.6. The number of piperidine rings is 1. The number of hydrogen-bond donors (Lipinski definition) is 2. The zero-order valence-corrected chi connectivity index (χ0v) is 14.6. The van der Waals surface area contributed by atoms with Crippen LogP contribution in [0.5, 0.6) is 0 Å². The van der Waals surface area contributed by atoms with Crippen molar-refractivity contribution in [3.05, 3.63) is 25.3 Å². The van der Waals surface area contributed by atoms with Crippen molar-refractivity contribution in [2.45, 2.75) is 57.3 Å². The molecule has 0 aromatic rings. The molecule has 2 aliphatic rings. The van der Waals surface area contributed by atoms with Crippen LogP contribution >= 0.6 is 0 Å². The Balaban J connectivity index is 2.51. The summed E-state index contributed by atoms with van der Waals surface area (Å²) < 4.78 is 0. The largest absolute Gasteiger partial charge is 0.369 e. The monoisotopic (exact) mass is 319 g/mol. The van der Waals surface area contributed by atoms with Crippen LogP contribution in [0.2, 0.25) is 0 Å².